The third-order valence-corrected chi connectivity index (χ3v) is 3.97. The molecule has 4 aromatic rings. The van der Waals surface area contributed by atoms with Crippen LogP contribution in [0.5, 0.6) is 5.75 Å². The zero-order chi connectivity index (χ0) is 19.2. The van der Waals surface area contributed by atoms with Crippen LogP contribution < -0.4 is 10.1 Å². The lowest BCUT2D eigenvalue weighted by molar-refractivity contribution is -0.118. The zero-order valence-electron chi connectivity index (χ0n) is 14.9. The zero-order valence-corrected chi connectivity index (χ0v) is 14.9. The van der Waals surface area contributed by atoms with Crippen LogP contribution in [0, 0.1) is 0 Å². The van der Waals surface area contributed by atoms with Crippen LogP contribution in [0.15, 0.2) is 89.3 Å². The number of anilines is 1. The smallest absolute Gasteiger partial charge is 0.262 e. The molecule has 6 nitrogen and oxygen atoms in total. The van der Waals surface area contributed by atoms with Crippen molar-refractivity contribution in [2.75, 3.05) is 11.9 Å². The Hall–Kier alpha value is -3.93. The van der Waals surface area contributed by atoms with Gasteiger partial charge in [0.2, 0.25) is 11.8 Å². The monoisotopic (exact) mass is 371 g/mol. The Morgan fingerprint density at radius 1 is 0.786 bits per heavy atom. The number of hydrogen-bond acceptors (Lipinski definition) is 5. The van der Waals surface area contributed by atoms with E-state index in [1.54, 1.807) is 12.1 Å². The molecule has 138 valence electrons. The molecule has 0 atom stereocenters. The van der Waals surface area contributed by atoms with Gasteiger partial charge in [-0.05, 0) is 48.5 Å². The van der Waals surface area contributed by atoms with Gasteiger partial charge < -0.3 is 14.5 Å². The quantitative estimate of drug-likeness (QED) is 0.543. The first-order valence-electron chi connectivity index (χ1n) is 8.75. The molecular formula is C22H17N3O3. The van der Waals surface area contributed by atoms with Gasteiger partial charge in [0.05, 0.1) is 0 Å². The number of benzene rings is 3. The van der Waals surface area contributed by atoms with Crippen molar-refractivity contribution in [3.8, 4) is 28.7 Å². The third kappa shape index (κ3) is 4.24. The number of carbonyl (C=O) groups excluding carboxylic acids is 1. The molecule has 1 amide bonds. The fraction of sp³-hybridized carbons (Fsp3) is 0.0455. The van der Waals surface area contributed by atoms with Crippen molar-refractivity contribution in [2.24, 2.45) is 0 Å². The van der Waals surface area contributed by atoms with E-state index >= 15 is 0 Å². The molecule has 0 bridgehead atoms. The summed E-state index contributed by atoms with van der Waals surface area (Å²) in [6.07, 6.45) is 0. The lowest BCUT2D eigenvalue weighted by Gasteiger charge is -2.07. The van der Waals surface area contributed by atoms with E-state index in [1.165, 1.54) is 0 Å². The summed E-state index contributed by atoms with van der Waals surface area (Å²) >= 11 is 0. The molecule has 1 aromatic heterocycles. The van der Waals surface area contributed by atoms with E-state index in [9.17, 15) is 4.79 Å². The summed E-state index contributed by atoms with van der Waals surface area (Å²) in [5.41, 5.74) is 2.37. The van der Waals surface area contributed by atoms with Crippen LogP contribution in [0.3, 0.4) is 0 Å². The van der Waals surface area contributed by atoms with Gasteiger partial charge in [0.1, 0.15) is 5.75 Å². The summed E-state index contributed by atoms with van der Waals surface area (Å²) in [7, 11) is 0. The van der Waals surface area contributed by atoms with Gasteiger partial charge >= 0.3 is 0 Å². The van der Waals surface area contributed by atoms with Crippen molar-refractivity contribution in [1.82, 2.24) is 10.2 Å². The van der Waals surface area contributed by atoms with Gasteiger partial charge in [-0.15, -0.1) is 10.2 Å². The van der Waals surface area contributed by atoms with Gasteiger partial charge in [-0.1, -0.05) is 36.4 Å². The molecule has 0 fully saturated rings. The standard InChI is InChI=1S/C22H17N3O3/c26-20(23-18-9-5-2-6-10-18)15-27-19-13-11-17(12-14-19)22-25-24-21(28-22)16-7-3-1-4-8-16/h1-14H,15H2,(H,23,26). The van der Waals surface area contributed by atoms with Crippen molar-refractivity contribution in [1.29, 1.82) is 0 Å². The van der Waals surface area contributed by atoms with E-state index < -0.39 is 0 Å². The lowest BCUT2D eigenvalue weighted by atomic mass is 10.2. The summed E-state index contributed by atoms with van der Waals surface area (Å²) in [4.78, 5) is 11.9. The second-order valence-corrected chi connectivity index (χ2v) is 6.01. The molecule has 4 rings (SSSR count). The van der Waals surface area contributed by atoms with Crippen LogP contribution in [0.4, 0.5) is 5.69 Å². The molecule has 6 heteroatoms. The van der Waals surface area contributed by atoms with Crippen molar-refractivity contribution in [3.63, 3.8) is 0 Å². The molecule has 3 aromatic carbocycles. The Morgan fingerprint density at radius 2 is 1.36 bits per heavy atom. The number of hydrogen-bond donors (Lipinski definition) is 1. The second kappa shape index (κ2) is 8.18. The van der Waals surface area contributed by atoms with Crippen LogP contribution in [0.1, 0.15) is 0 Å². The van der Waals surface area contributed by atoms with Gasteiger partial charge in [-0.25, -0.2) is 0 Å². The summed E-state index contributed by atoms with van der Waals surface area (Å²) in [6, 6.07) is 26.0. The maximum Gasteiger partial charge on any atom is 0.262 e. The molecular weight excluding hydrogens is 354 g/mol. The van der Waals surface area contributed by atoms with Gasteiger partial charge in [-0.2, -0.15) is 0 Å². The highest BCUT2D eigenvalue weighted by molar-refractivity contribution is 5.91. The number of aromatic nitrogens is 2. The van der Waals surface area contributed by atoms with Gasteiger partial charge in [0, 0.05) is 16.8 Å². The molecule has 1 heterocycles. The molecule has 0 spiro atoms. The first-order valence-corrected chi connectivity index (χ1v) is 8.75. The predicted molar refractivity (Wildman–Crippen MR) is 106 cm³/mol. The first kappa shape index (κ1) is 17.5. The van der Waals surface area contributed by atoms with Crippen LogP contribution >= 0.6 is 0 Å². The van der Waals surface area contributed by atoms with E-state index in [-0.39, 0.29) is 12.5 Å². The highest BCUT2D eigenvalue weighted by Crippen LogP contribution is 2.25. The first-order chi connectivity index (χ1) is 13.8. The molecule has 0 aliphatic heterocycles. The predicted octanol–water partition coefficient (Wildman–Crippen LogP) is 4.42. The largest absolute Gasteiger partial charge is 0.484 e. The summed E-state index contributed by atoms with van der Waals surface area (Å²) in [6.45, 7) is -0.0764. The topological polar surface area (TPSA) is 77.2 Å². The maximum atomic E-state index is 11.9. The molecule has 0 saturated heterocycles. The number of rotatable bonds is 6. The molecule has 0 aliphatic carbocycles. The van der Waals surface area contributed by atoms with Crippen molar-refractivity contribution >= 4 is 11.6 Å². The van der Waals surface area contributed by atoms with Crippen molar-refractivity contribution in [2.45, 2.75) is 0 Å². The van der Waals surface area contributed by atoms with E-state index in [0.717, 1.165) is 16.8 Å². The highest BCUT2D eigenvalue weighted by Gasteiger charge is 2.10. The van der Waals surface area contributed by atoms with Crippen LogP contribution in [0.25, 0.3) is 22.9 Å². The number of ether oxygens (including phenoxy) is 1. The molecule has 0 saturated carbocycles. The SMILES string of the molecule is O=C(COc1ccc(-c2nnc(-c3ccccc3)o2)cc1)Nc1ccccc1. The number of para-hydroxylation sites is 1. The fourth-order valence-electron chi connectivity index (χ4n) is 2.60. The average molecular weight is 371 g/mol. The van der Waals surface area contributed by atoms with E-state index in [0.29, 0.717) is 17.5 Å². The Labute approximate surface area is 161 Å². The number of nitrogens with zero attached hydrogens (tertiary/aromatic N) is 2. The lowest BCUT2D eigenvalue weighted by Crippen LogP contribution is -2.20. The molecule has 0 radical (unpaired) electrons. The fourth-order valence-corrected chi connectivity index (χ4v) is 2.60. The maximum absolute atomic E-state index is 11.9. The molecule has 0 aliphatic rings. The Bertz CT molecular complexity index is 1050. The summed E-state index contributed by atoms with van der Waals surface area (Å²) < 4.78 is 11.3. The van der Waals surface area contributed by atoms with E-state index in [4.69, 9.17) is 9.15 Å². The van der Waals surface area contributed by atoms with Gasteiger partial charge in [0.25, 0.3) is 5.91 Å². The Kier molecular flexibility index (Phi) is 5.11. The Balaban J connectivity index is 1.36. The minimum Gasteiger partial charge on any atom is -0.484 e. The minimum atomic E-state index is -0.223. The van der Waals surface area contributed by atoms with Crippen LogP contribution in [-0.4, -0.2) is 22.7 Å². The highest BCUT2D eigenvalue weighted by atomic mass is 16.5. The minimum absolute atomic E-state index is 0.0764. The van der Waals surface area contributed by atoms with E-state index in [1.807, 2.05) is 72.8 Å². The molecule has 1 N–H and O–H groups in total. The van der Waals surface area contributed by atoms with Crippen LogP contribution in [0.2, 0.25) is 0 Å². The number of nitrogens with one attached hydrogen (secondary N) is 1. The van der Waals surface area contributed by atoms with Crippen molar-refractivity contribution in [3.05, 3.63) is 84.9 Å². The number of carbonyl (C=O) groups is 1. The summed E-state index contributed by atoms with van der Waals surface area (Å²) in [5, 5.41) is 10.9. The van der Waals surface area contributed by atoms with E-state index in [2.05, 4.69) is 15.5 Å². The van der Waals surface area contributed by atoms with Gasteiger partial charge in [0.15, 0.2) is 6.61 Å². The molecule has 0 unspecified atom stereocenters. The summed E-state index contributed by atoms with van der Waals surface area (Å²) in [5.74, 6) is 1.25. The average Bonchev–Trinajstić information content (AvgIpc) is 3.24. The van der Waals surface area contributed by atoms with Crippen LogP contribution in [-0.2, 0) is 4.79 Å². The van der Waals surface area contributed by atoms with Crippen molar-refractivity contribution < 1.29 is 13.9 Å². The van der Waals surface area contributed by atoms with Gasteiger partial charge in [-0.3, -0.25) is 4.79 Å². The second-order valence-electron chi connectivity index (χ2n) is 6.01. The molecule has 28 heavy (non-hydrogen) atoms. The normalized spacial score (nSPS) is 10.4. The Morgan fingerprint density at radius 3 is 2.00 bits per heavy atom. The number of amides is 1. The third-order valence-electron chi connectivity index (χ3n) is 3.97.